The largest absolute Gasteiger partial charge is 0.329 e. The summed E-state index contributed by atoms with van der Waals surface area (Å²) < 4.78 is 0. The first-order chi connectivity index (χ1) is 11.6. The average Bonchev–Trinajstić information content (AvgIpc) is 2.56. The minimum Gasteiger partial charge on any atom is -0.329 e. The van der Waals surface area contributed by atoms with Crippen LogP contribution >= 0.6 is 12.4 Å². The number of carbonyl (C=O) groups excluding carboxylic acids is 2. The van der Waals surface area contributed by atoms with E-state index in [9.17, 15) is 9.59 Å². The zero-order valence-electron chi connectivity index (χ0n) is 14.3. The van der Waals surface area contributed by atoms with Gasteiger partial charge in [-0.15, -0.1) is 12.4 Å². The fourth-order valence-corrected chi connectivity index (χ4v) is 2.46. The Morgan fingerprint density at radius 1 is 1.08 bits per heavy atom. The molecule has 6 heteroatoms. The molecule has 0 saturated heterocycles. The molecule has 0 aliphatic carbocycles. The van der Waals surface area contributed by atoms with E-state index in [1.165, 1.54) is 6.92 Å². The second-order valence-corrected chi connectivity index (χ2v) is 5.67. The minimum absolute atomic E-state index is 0. The van der Waals surface area contributed by atoms with Crippen LogP contribution in [0.25, 0.3) is 0 Å². The molecule has 0 bridgehead atoms. The molecule has 5 nitrogen and oxygen atoms in total. The van der Waals surface area contributed by atoms with Crippen LogP contribution in [0.4, 0.5) is 5.69 Å². The number of hydrogen-bond acceptors (Lipinski definition) is 4. The standard InChI is InChI=1S/C19H23N3O2.ClH/c1-15(23)17-8-5-9-18(12-17)21-19(24)14-22(11-10-20)13-16-6-3-2-4-7-16;/h2-9,12H,10-11,13-14,20H2,1H3,(H,21,24);1H. The second-order valence-electron chi connectivity index (χ2n) is 5.67. The van der Waals surface area contributed by atoms with Crippen LogP contribution in [0.2, 0.25) is 0 Å². The van der Waals surface area contributed by atoms with Crippen molar-refractivity contribution in [3.05, 3.63) is 65.7 Å². The predicted octanol–water partition coefficient (Wildman–Crippen LogP) is 2.71. The Kier molecular flexibility index (Phi) is 8.84. The number of hydrogen-bond donors (Lipinski definition) is 2. The van der Waals surface area contributed by atoms with Crippen molar-refractivity contribution < 1.29 is 9.59 Å². The topological polar surface area (TPSA) is 75.4 Å². The molecule has 2 aromatic rings. The van der Waals surface area contributed by atoms with Crippen molar-refractivity contribution in [1.29, 1.82) is 0 Å². The van der Waals surface area contributed by atoms with Gasteiger partial charge < -0.3 is 11.1 Å². The van der Waals surface area contributed by atoms with E-state index in [1.54, 1.807) is 24.3 Å². The van der Waals surface area contributed by atoms with Gasteiger partial charge in [0.25, 0.3) is 0 Å². The van der Waals surface area contributed by atoms with Crippen LogP contribution in [-0.4, -0.2) is 36.2 Å². The van der Waals surface area contributed by atoms with E-state index in [0.29, 0.717) is 30.9 Å². The first-order valence-corrected chi connectivity index (χ1v) is 7.95. The van der Waals surface area contributed by atoms with Crippen molar-refractivity contribution >= 4 is 29.8 Å². The Hall–Kier alpha value is -2.21. The third-order valence-corrected chi connectivity index (χ3v) is 3.61. The molecule has 0 radical (unpaired) electrons. The number of ketones is 1. The van der Waals surface area contributed by atoms with Gasteiger partial charge in [0.05, 0.1) is 6.54 Å². The zero-order chi connectivity index (χ0) is 17.4. The van der Waals surface area contributed by atoms with Crippen molar-refractivity contribution in [2.75, 3.05) is 25.0 Å². The van der Waals surface area contributed by atoms with E-state index < -0.39 is 0 Å². The number of halogens is 1. The van der Waals surface area contributed by atoms with Gasteiger partial charge >= 0.3 is 0 Å². The maximum Gasteiger partial charge on any atom is 0.238 e. The van der Waals surface area contributed by atoms with Gasteiger partial charge in [-0.05, 0) is 24.6 Å². The molecule has 0 unspecified atom stereocenters. The average molecular weight is 362 g/mol. The molecule has 0 aliphatic rings. The minimum atomic E-state index is -0.125. The van der Waals surface area contributed by atoms with Crippen LogP contribution in [0.15, 0.2) is 54.6 Å². The molecule has 134 valence electrons. The molecule has 0 saturated carbocycles. The van der Waals surface area contributed by atoms with Gasteiger partial charge in [-0.25, -0.2) is 0 Å². The molecule has 2 aromatic carbocycles. The van der Waals surface area contributed by atoms with Gasteiger partial charge in [-0.3, -0.25) is 14.5 Å². The van der Waals surface area contributed by atoms with Gasteiger partial charge in [-0.2, -0.15) is 0 Å². The summed E-state index contributed by atoms with van der Waals surface area (Å²) in [6.45, 7) is 3.54. The molecule has 0 aromatic heterocycles. The molecule has 1 amide bonds. The van der Waals surface area contributed by atoms with Crippen LogP contribution in [0, 0.1) is 0 Å². The molecule has 0 atom stereocenters. The van der Waals surface area contributed by atoms with Crippen molar-refractivity contribution in [2.45, 2.75) is 13.5 Å². The molecule has 2 rings (SSSR count). The molecule has 0 fully saturated rings. The summed E-state index contributed by atoms with van der Waals surface area (Å²) in [6, 6.07) is 16.9. The summed E-state index contributed by atoms with van der Waals surface area (Å²) in [5, 5.41) is 2.84. The molecule has 0 heterocycles. The number of rotatable bonds is 8. The summed E-state index contributed by atoms with van der Waals surface area (Å²) in [4.78, 5) is 25.7. The Labute approximate surface area is 154 Å². The fourth-order valence-electron chi connectivity index (χ4n) is 2.46. The van der Waals surface area contributed by atoms with Crippen molar-refractivity contribution in [2.24, 2.45) is 5.73 Å². The van der Waals surface area contributed by atoms with Gasteiger partial charge in [-0.1, -0.05) is 42.5 Å². The van der Waals surface area contributed by atoms with E-state index in [4.69, 9.17) is 5.73 Å². The maximum absolute atomic E-state index is 12.3. The predicted molar refractivity (Wildman–Crippen MR) is 103 cm³/mol. The quantitative estimate of drug-likeness (QED) is 0.709. The number of anilines is 1. The lowest BCUT2D eigenvalue weighted by Crippen LogP contribution is -2.36. The number of benzene rings is 2. The van der Waals surface area contributed by atoms with E-state index in [-0.39, 0.29) is 30.6 Å². The number of nitrogens with two attached hydrogens (primary N) is 1. The summed E-state index contributed by atoms with van der Waals surface area (Å²) in [5.74, 6) is -0.153. The lowest BCUT2D eigenvalue weighted by molar-refractivity contribution is -0.117. The highest BCUT2D eigenvalue weighted by molar-refractivity contribution is 5.97. The first kappa shape index (κ1) is 20.8. The lowest BCUT2D eigenvalue weighted by Gasteiger charge is -2.21. The second kappa shape index (κ2) is 10.6. The smallest absolute Gasteiger partial charge is 0.238 e. The molecule has 25 heavy (non-hydrogen) atoms. The SMILES string of the molecule is CC(=O)c1cccc(NC(=O)CN(CCN)Cc2ccccc2)c1.Cl. The van der Waals surface area contributed by atoms with Crippen LogP contribution in [0.1, 0.15) is 22.8 Å². The number of Topliss-reactive ketones (excluding diaryl/α,β-unsaturated/α-hetero) is 1. The number of amides is 1. The summed E-state index contributed by atoms with van der Waals surface area (Å²) in [5.41, 5.74) is 7.99. The van der Waals surface area contributed by atoms with Crippen LogP contribution in [0.3, 0.4) is 0 Å². The highest BCUT2D eigenvalue weighted by Crippen LogP contribution is 2.11. The monoisotopic (exact) mass is 361 g/mol. The maximum atomic E-state index is 12.3. The summed E-state index contributed by atoms with van der Waals surface area (Å²) in [6.07, 6.45) is 0. The molecular weight excluding hydrogens is 338 g/mol. The first-order valence-electron chi connectivity index (χ1n) is 7.95. The van der Waals surface area contributed by atoms with Crippen molar-refractivity contribution in [3.63, 3.8) is 0 Å². The van der Waals surface area contributed by atoms with Crippen LogP contribution in [0.5, 0.6) is 0 Å². The van der Waals surface area contributed by atoms with E-state index in [1.807, 2.05) is 35.2 Å². The van der Waals surface area contributed by atoms with Crippen LogP contribution in [-0.2, 0) is 11.3 Å². The Bertz CT molecular complexity index is 692. The van der Waals surface area contributed by atoms with Crippen LogP contribution < -0.4 is 11.1 Å². The van der Waals surface area contributed by atoms with E-state index in [2.05, 4.69) is 5.32 Å². The third kappa shape index (κ3) is 7.05. The lowest BCUT2D eigenvalue weighted by atomic mass is 10.1. The Morgan fingerprint density at radius 2 is 1.80 bits per heavy atom. The molecule has 0 spiro atoms. The normalized spacial score (nSPS) is 10.2. The Morgan fingerprint density at radius 3 is 2.44 bits per heavy atom. The van der Waals surface area contributed by atoms with E-state index >= 15 is 0 Å². The van der Waals surface area contributed by atoms with Gasteiger partial charge in [0.15, 0.2) is 5.78 Å². The summed E-state index contributed by atoms with van der Waals surface area (Å²) >= 11 is 0. The van der Waals surface area contributed by atoms with Gasteiger partial charge in [0, 0.05) is 30.9 Å². The number of carbonyl (C=O) groups is 2. The van der Waals surface area contributed by atoms with Crippen molar-refractivity contribution in [1.82, 2.24) is 4.90 Å². The fraction of sp³-hybridized carbons (Fsp3) is 0.263. The van der Waals surface area contributed by atoms with E-state index in [0.717, 1.165) is 5.56 Å². The summed E-state index contributed by atoms with van der Waals surface area (Å²) in [7, 11) is 0. The van der Waals surface area contributed by atoms with Crippen molar-refractivity contribution in [3.8, 4) is 0 Å². The van der Waals surface area contributed by atoms with Gasteiger partial charge in [0.1, 0.15) is 0 Å². The Balaban J connectivity index is 0.00000312. The highest BCUT2D eigenvalue weighted by atomic mass is 35.5. The molecule has 3 N–H and O–H groups in total. The number of nitrogens with zero attached hydrogens (tertiary/aromatic N) is 1. The molecule has 0 aliphatic heterocycles. The third-order valence-electron chi connectivity index (χ3n) is 3.61. The number of nitrogens with one attached hydrogen (secondary N) is 1. The zero-order valence-corrected chi connectivity index (χ0v) is 15.1. The highest BCUT2D eigenvalue weighted by Gasteiger charge is 2.11. The van der Waals surface area contributed by atoms with Gasteiger partial charge in [0.2, 0.25) is 5.91 Å². The molecular formula is C19H24ClN3O2.